The van der Waals surface area contributed by atoms with E-state index in [1.54, 1.807) is 0 Å². The van der Waals surface area contributed by atoms with Crippen LogP contribution < -0.4 is 5.32 Å². The summed E-state index contributed by atoms with van der Waals surface area (Å²) in [7, 11) is 0. The van der Waals surface area contributed by atoms with Crippen molar-refractivity contribution in [2.75, 3.05) is 24.6 Å². The second-order valence-electron chi connectivity index (χ2n) is 5.65. The molecular formula is C14H30N2S. The summed E-state index contributed by atoms with van der Waals surface area (Å²) in [5.41, 5.74) is 0. The number of piperazine rings is 1. The van der Waals surface area contributed by atoms with E-state index in [1.807, 2.05) is 0 Å². The van der Waals surface area contributed by atoms with Gasteiger partial charge in [0.15, 0.2) is 0 Å². The summed E-state index contributed by atoms with van der Waals surface area (Å²) in [6, 6.07) is 2.09. The molecular weight excluding hydrogens is 228 g/mol. The number of hydrogen-bond donors (Lipinski definition) is 1. The van der Waals surface area contributed by atoms with E-state index in [4.69, 9.17) is 0 Å². The highest BCUT2D eigenvalue weighted by Gasteiger charge is 2.30. The lowest BCUT2D eigenvalue weighted by atomic mass is 9.96. The summed E-state index contributed by atoms with van der Waals surface area (Å²) < 4.78 is 0. The molecule has 0 aromatic carbocycles. The molecule has 0 saturated carbocycles. The zero-order chi connectivity index (χ0) is 12.8. The third-order valence-electron chi connectivity index (χ3n) is 3.81. The van der Waals surface area contributed by atoms with E-state index in [0.29, 0.717) is 12.1 Å². The van der Waals surface area contributed by atoms with Crippen molar-refractivity contribution in [1.29, 1.82) is 0 Å². The molecule has 1 rings (SSSR count). The van der Waals surface area contributed by atoms with Crippen molar-refractivity contribution in [3.8, 4) is 0 Å². The zero-order valence-corrected chi connectivity index (χ0v) is 13.0. The molecule has 0 aromatic rings. The second-order valence-corrected chi connectivity index (χ2v) is 7.05. The van der Waals surface area contributed by atoms with Gasteiger partial charge in [-0.1, -0.05) is 20.8 Å². The van der Waals surface area contributed by atoms with Gasteiger partial charge in [-0.05, 0) is 37.7 Å². The fraction of sp³-hybridized carbons (Fsp3) is 1.00. The Bertz CT molecular complexity index is 208. The van der Waals surface area contributed by atoms with E-state index < -0.39 is 0 Å². The molecule has 3 atom stereocenters. The average Bonchev–Trinajstić information content (AvgIpc) is 2.28. The SMILES string of the molecule is CCSCCC(C)N1CC(C)NCC1C(C)C. The van der Waals surface area contributed by atoms with Crippen LogP contribution in [0.15, 0.2) is 0 Å². The van der Waals surface area contributed by atoms with Crippen LogP contribution in [-0.4, -0.2) is 47.6 Å². The number of nitrogens with zero attached hydrogens (tertiary/aromatic N) is 1. The first-order chi connectivity index (χ1) is 8.06. The number of rotatable bonds is 6. The molecule has 1 N–H and O–H groups in total. The summed E-state index contributed by atoms with van der Waals surface area (Å²) in [6.45, 7) is 14.0. The Kier molecular flexibility index (Phi) is 6.90. The molecule has 3 heteroatoms. The summed E-state index contributed by atoms with van der Waals surface area (Å²) in [6.07, 6.45) is 1.33. The van der Waals surface area contributed by atoms with Crippen LogP contribution in [0.3, 0.4) is 0 Å². The lowest BCUT2D eigenvalue weighted by Crippen LogP contribution is -2.59. The Morgan fingerprint density at radius 1 is 1.35 bits per heavy atom. The lowest BCUT2D eigenvalue weighted by molar-refractivity contribution is 0.0649. The van der Waals surface area contributed by atoms with Gasteiger partial charge in [0.1, 0.15) is 0 Å². The summed E-state index contributed by atoms with van der Waals surface area (Å²) >= 11 is 2.07. The van der Waals surface area contributed by atoms with Crippen molar-refractivity contribution in [3.63, 3.8) is 0 Å². The van der Waals surface area contributed by atoms with E-state index in [-0.39, 0.29) is 0 Å². The number of thioether (sulfide) groups is 1. The molecule has 1 aliphatic heterocycles. The largest absolute Gasteiger partial charge is 0.311 e. The van der Waals surface area contributed by atoms with Crippen molar-refractivity contribution in [3.05, 3.63) is 0 Å². The van der Waals surface area contributed by atoms with Gasteiger partial charge in [-0.3, -0.25) is 4.90 Å². The Balaban J connectivity index is 2.49. The van der Waals surface area contributed by atoms with Gasteiger partial charge < -0.3 is 5.32 Å². The summed E-state index contributed by atoms with van der Waals surface area (Å²) in [4.78, 5) is 2.74. The van der Waals surface area contributed by atoms with Crippen molar-refractivity contribution in [2.45, 2.75) is 59.2 Å². The van der Waals surface area contributed by atoms with Crippen molar-refractivity contribution >= 4 is 11.8 Å². The topological polar surface area (TPSA) is 15.3 Å². The van der Waals surface area contributed by atoms with E-state index in [9.17, 15) is 0 Å². The van der Waals surface area contributed by atoms with Crippen molar-refractivity contribution < 1.29 is 0 Å². The molecule has 102 valence electrons. The molecule has 0 spiro atoms. The smallest absolute Gasteiger partial charge is 0.0247 e. The Morgan fingerprint density at radius 3 is 2.65 bits per heavy atom. The first-order valence-electron chi connectivity index (χ1n) is 7.13. The first-order valence-corrected chi connectivity index (χ1v) is 8.28. The number of nitrogens with one attached hydrogen (secondary N) is 1. The molecule has 1 fully saturated rings. The third-order valence-corrected chi connectivity index (χ3v) is 4.74. The maximum Gasteiger partial charge on any atom is 0.0247 e. The molecule has 2 nitrogen and oxygen atoms in total. The number of hydrogen-bond acceptors (Lipinski definition) is 3. The lowest BCUT2D eigenvalue weighted by Gasteiger charge is -2.45. The molecule has 1 heterocycles. The van der Waals surface area contributed by atoms with E-state index in [1.165, 1.54) is 24.5 Å². The van der Waals surface area contributed by atoms with E-state index in [2.05, 4.69) is 56.6 Å². The standard InChI is InChI=1S/C14H30N2S/c1-6-17-8-7-13(5)16-10-12(4)15-9-14(16)11(2)3/h11-15H,6-10H2,1-5H3. The van der Waals surface area contributed by atoms with Crippen LogP contribution in [0, 0.1) is 5.92 Å². The van der Waals surface area contributed by atoms with Crippen LogP contribution in [0.25, 0.3) is 0 Å². The molecule has 1 aliphatic rings. The minimum Gasteiger partial charge on any atom is -0.311 e. The van der Waals surface area contributed by atoms with Gasteiger partial charge in [0, 0.05) is 31.2 Å². The maximum atomic E-state index is 3.62. The van der Waals surface area contributed by atoms with Gasteiger partial charge in [-0.15, -0.1) is 0 Å². The molecule has 1 saturated heterocycles. The fourth-order valence-corrected chi connectivity index (χ4v) is 3.44. The van der Waals surface area contributed by atoms with Gasteiger partial charge >= 0.3 is 0 Å². The molecule has 3 unspecified atom stereocenters. The van der Waals surface area contributed by atoms with Crippen LogP contribution in [0.5, 0.6) is 0 Å². The Hall–Kier alpha value is 0.270. The Labute approximate surface area is 112 Å². The normalized spacial score (nSPS) is 28.6. The highest BCUT2D eigenvalue weighted by Crippen LogP contribution is 2.20. The molecule has 17 heavy (non-hydrogen) atoms. The van der Waals surface area contributed by atoms with Gasteiger partial charge in [-0.25, -0.2) is 0 Å². The molecule has 0 aliphatic carbocycles. The van der Waals surface area contributed by atoms with Gasteiger partial charge in [-0.2, -0.15) is 11.8 Å². The molecule has 0 bridgehead atoms. The van der Waals surface area contributed by atoms with Crippen LogP contribution in [0.4, 0.5) is 0 Å². The molecule has 0 amide bonds. The first kappa shape index (κ1) is 15.3. The van der Waals surface area contributed by atoms with E-state index >= 15 is 0 Å². The van der Waals surface area contributed by atoms with Gasteiger partial charge in [0.25, 0.3) is 0 Å². The highest BCUT2D eigenvalue weighted by atomic mass is 32.2. The predicted molar refractivity (Wildman–Crippen MR) is 79.9 cm³/mol. The Morgan fingerprint density at radius 2 is 2.06 bits per heavy atom. The fourth-order valence-electron chi connectivity index (χ4n) is 2.64. The van der Waals surface area contributed by atoms with Crippen molar-refractivity contribution in [1.82, 2.24) is 10.2 Å². The van der Waals surface area contributed by atoms with Crippen LogP contribution >= 0.6 is 11.8 Å². The van der Waals surface area contributed by atoms with Gasteiger partial charge in [0.05, 0.1) is 0 Å². The highest BCUT2D eigenvalue weighted by molar-refractivity contribution is 7.99. The minimum atomic E-state index is 0.645. The predicted octanol–water partition coefficient (Wildman–Crippen LogP) is 2.84. The third kappa shape index (κ3) is 4.80. The minimum absolute atomic E-state index is 0.645. The summed E-state index contributed by atoms with van der Waals surface area (Å²) in [5, 5.41) is 3.62. The molecule has 0 radical (unpaired) electrons. The quantitative estimate of drug-likeness (QED) is 0.738. The van der Waals surface area contributed by atoms with E-state index in [0.717, 1.165) is 18.5 Å². The zero-order valence-electron chi connectivity index (χ0n) is 12.2. The van der Waals surface area contributed by atoms with Crippen molar-refractivity contribution in [2.24, 2.45) is 5.92 Å². The van der Waals surface area contributed by atoms with Crippen LogP contribution in [0.1, 0.15) is 41.0 Å². The average molecular weight is 258 g/mol. The second kappa shape index (κ2) is 7.65. The van der Waals surface area contributed by atoms with Gasteiger partial charge in [0.2, 0.25) is 0 Å². The van der Waals surface area contributed by atoms with Crippen LogP contribution in [-0.2, 0) is 0 Å². The monoisotopic (exact) mass is 258 g/mol. The van der Waals surface area contributed by atoms with Crippen LogP contribution in [0.2, 0.25) is 0 Å². The summed E-state index contributed by atoms with van der Waals surface area (Å²) in [5.74, 6) is 3.30. The maximum absolute atomic E-state index is 3.62. The molecule has 0 aromatic heterocycles.